The van der Waals surface area contributed by atoms with Gasteiger partial charge in [0.05, 0.1) is 26.4 Å². The molecular weight excluding hydrogens is 1260 g/mol. The molecule has 3 unspecified atom stereocenters. The molecular formula is C77H150O17P2. The largest absolute Gasteiger partial charge is 0.472 e. The zero-order valence-corrected chi connectivity index (χ0v) is 64.6. The summed E-state index contributed by atoms with van der Waals surface area (Å²) in [6.07, 6.45) is 54.6. The van der Waals surface area contributed by atoms with Crippen molar-refractivity contribution in [2.45, 2.75) is 414 Å². The van der Waals surface area contributed by atoms with Crippen molar-refractivity contribution in [1.82, 2.24) is 0 Å². The van der Waals surface area contributed by atoms with Crippen LogP contribution >= 0.6 is 15.6 Å². The van der Waals surface area contributed by atoms with Gasteiger partial charge in [-0.05, 0) is 43.4 Å². The topological polar surface area (TPSA) is 237 Å². The number of rotatable bonds is 75. The number of ether oxygens (including phenoxy) is 4. The maximum Gasteiger partial charge on any atom is 0.472 e. The van der Waals surface area contributed by atoms with Crippen LogP contribution in [0.15, 0.2) is 0 Å². The van der Waals surface area contributed by atoms with Crippen LogP contribution in [0.25, 0.3) is 0 Å². The van der Waals surface area contributed by atoms with Crippen LogP contribution in [0.2, 0.25) is 0 Å². The fourth-order valence-electron chi connectivity index (χ4n) is 11.7. The smallest absolute Gasteiger partial charge is 0.462 e. The van der Waals surface area contributed by atoms with Crippen molar-refractivity contribution < 1.29 is 80.2 Å². The quantitative estimate of drug-likeness (QED) is 0.0222. The zero-order chi connectivity index (χ0) is 70.9. The molecule has 96 heavy (non-hydrogen) atoms. The second-order valence-electron chi connectivity index (χ2n) is 28.9. The molecule has 0 aliphatic rings. The highest BCUT2D eigenvalue weighted by Crippen LogP contribution is 2.45. The molecule has 0 aliphatic carbocycles. The molecule has 0 saturated heterocycles. The molecule has 570 valence electrons. The van der Waals surface area contributed by atoms with E-state index in [2.05, 4.69) is 48.5 Å². The second-order valence-corrected chi connectivity index (χ2v) is 31.8. The third-order valence-corrected chi connectivity index (χ3v) is 20.1. The summed E-state index contributed by atoms with van der Waals surface area (Å²) < 4.78 is 68.5. The molecule has 17 nitrogen and oxygen atoms in total. The maximum atomic E-state index is 13.1. The summed E-state index contributed by atoms with van der Waals surface area (Å²) in [6, 6.07) is 0. The van der Waals surface area contributed by atoms with Crippen LogP contribution in [0.1, 0.15) is 395 Å². The summed E-state index contributed by atoms with van der Waals surface area (Å²) in [5.74, 6) is 0.0572. The van der Waals surface area contributed by atoms with Crippen molar-refractivity contribution in [2.75, 3.05) is 39.6 Å². The lowest BCUT2D eigenvalue weighted by Gasteiger charge is -2.21. The van der Waals surface area contributed by atoms with Gasteiger partial charge in [0.25, 0.3) is 0 Å². The SMILES string of the molecule is CCCCCCCCCCCCCCCCCCCCCCCCC(=O)O[C@H](COC(=O)CCCCCCCCCCCCCCC(C)C)COP(=O)(O)OC[C@@H](O)COP(=O)(O)OC[C@@H](COC(=O)CCCCCCCCC(C)C)OC(=O)CCCCCCCCC(C)CC. The van der Waals surface area contributed by atoms with E-state index in [9.17, 15) is 43.2 Å². The minimum Gasteiger partial charge on any atom is -0.462 e. The molecule has 0 amide bonds. The average molecular weight is 1410 g/mol. The Morgan fingerprint density at radius 1 is 0.302 bits per heavy atom. The molecule has 0 bridgehead atoms. The van der Waals surface area contributed by atoms with Crippen molar-refractivity contribution in [1.29, 1.82) is 0 Å². The fourth-order valence-corrected chi connectivity index (χ4v) is 13.3. The summed E-state index contributed by atoms with van der Waals surface area (Å²) >= 11 is 0. The second kappa shape index (κ2) is 67.5. The van der Waals surface area contributed by atoms with Gasteiger partial charge in [0.2, 0.25) is 0 Å². The molecule has 6 atom stereocenters. The van der Waals surface area contributed by atoms with Crippen LogP contribution < -0.4 is 0 Å². The standard InChI is InChI=1S/C77H150O17P2/c1-8-10-11-12-13-14-15-16-17-18-19-20-21-22-23-24-25-30-33-36-46-53-60-76(81)93-72(64-87-74(79)58-51-44-35-32-29-27-26-28-31-34-41-48-55-68(3)4)66-91-95(83,84)89-62-71(78)63-90-96(85,86)92-67-73(65-88-75(80)59-52-45-39-37-42-49-56-69(5)6)94-77(82)61-54-47-40-38-43-50-57-70(7)9-2/h68-73,78H,8-67H2,1-7H3,(H,83,84)(H,85,86)/t70?,71-,72-,73-/m1/s1. The highest BCUT2D eigenvalue weighted by atomic mass is 31.2. The van der Waals surface area contributed by atoms with E-state index < -0.39 is 97.5 Å². The predicted molar refractivity (Wildman–Crippen MR) is 391 cm³/mol. The minimum absolute atomic E-state index is 0.102. The molecule has 0 spiro atoms. The van der Waals surface area contributed by atoms with Crippen LogP contribution in [-0.2, 0) is 65.4 Å². The van der Waals surface area contributed by atoms with E-state index in [4.69, 9.17) is 37.0 Å². The van der Waals surface area contributed by atoms with Gasteiger partial charge in [-0.1, -0.05) is 344 Å². The molecule has 0 heterocycles. The van der Waals surface area contributed by atoms with Crippen LogP contribution in [0.4, 0.5) is 0 Å². The van der Waals surface area contributed by atoms with Gasteiger partial charge < -0.3 is 33.8 Å². The first-order chi connectivity index (χ1) is 46.3. The Morgan fingerprint density at radius 2 is 0.531 bits per heavy atom. The number of carbonyl (C=O) groups is 4. The summed E-state index contributed by atoms with van der Waals surface area (Å²) in [5.41, 5.74) is 0. The van der Waals surface area contributed by atoms with Crippen molar-refractivity contribution in [3.8, 4) is 0 Å². The van der Waals surface area contributed by atoms with Gasteiger partial charge in [0.1, 0.15) is 19.3 Å². The van der Waals surface area contributed by atoms with Gasteiger partial charge in [0.15, 0.2) is 12.2 Å². The maximum absolute atomic E-state index is 13.1. The monoisotopic (exact) mass is 1410 g/mol. The van der Waals surface area contributed by atoms with E-state index in [1.165, 1.54) is 199 Å². The average Bonchev–Trinajstić information content (AvgIpc) is 1.53. The lowest BCUT2D eigenvalue weighted by atomic mass is 10.00. The van der Waals surface area contributed by atoms with E-state index in [0.29, 0.717) is 31.6 Å². The Balaban J connectivity index is 5.18. The Morgan fingerprint density at radius 3 is 0.792 bits per heavy atom. The van der Waals surface area contributed by atoms with E-state index >= 15 is 0 Å². The van der Waals surface area contributed by atoms with Crippen molar-refractivity contribution in [3.05, 3.63) is 0 Å². The Hall–Kier alpha value is -1.94. The van der Waals surface area contributed by atoms with E-state index in [1.807, 2.05) is 0 Å². The first-order valence-electron chi connectivity index (χ1n) is 39.9. The number of aliphatic hydroxyl groups is 1. The number of phosphoric ester groups is 2. The van der Waals surface area contributed by atoms with Gasteiger partial charge in [0, 0.05) is 25.7 Å². The molecule has 3 N–H and O–H groups in total. The molecule has 0 aromatic carbocycles. The van der Waals surface area contributed by atoms with Crippen LogP contribution in [-0.4, -0.2) is 96.7 Å². The number of esters is 4. The number of carbonyl (C=O) groups excluding carboxylic acids is 4. The van der Waals surface area contributed by atoms with Gasteiger partial charge in [-0.3, -0.25) is 37.3 Å². The number of unbranched alkanes of at least 4 members (excludes halogenated alkanes) is 42. The number of hydrogen-bond donors (Lipinski definition) is 3. The Kier molecular flexibility index (Phi) is 66.2. The first-order valence-corrected chi connectivity index (χ1v) is 42.9. The van der Waals surface area contributed by atoms with Crippen molar-refractivity contribution >= 4 is 39.5 Å². The molecule has 19 heteroatoms. The lowest BCUT2D eigenvalue weighted by molar-refractivity contribution is -0.161. The van der Waals surface area contributed by atoms with Gasteiger partial charge >= 0.3 is 39.5 Å². The zero-order valence-electron chi connectivity index (χ0n) is 62.8. The van der Waals surface area contributed by atoms with Crippen molar-refractivity contribution in [3.63, 3.8) is 0 Å². The third kappa shape index (κ3) is 69.2. The number of aliphatic hydroxyl groups excluding tert-OH is 1. The molecule has 0 aromatic rings. The molecule has 0 fully saturated rings. The van der Waals surface area contributed by atoms with Gasteiger partial charge in [-0.25, -0.2) is 9.13 Å². The molecule has 0 saturated carbocycles. The van der Waals surface area contributed by atoms with Crippen LogP contribution in [0, 0.1) is 17.8 Å². The predicted octanol–water partition coefficient (Wildman–Crippen LogP) is 22.6. The molecule has 0 aromatic heterocycles. The van der Waals surface area contributed by atoms with Gasteiger partial charge in [-0.15, -0.1) is 0 Å². The minimum atomic E-state index is -4.96. The summed E-state index contributed by atoms with van der Waals surface area (Å²) in [7, 11) is -9.91. The van der Waals surface area contributed by atoms with E-state index in [0.717, 1.165) is 108 Å². The Labute approximate surface area is 588 Å². The molecule has 0 radical (unpaired) electrons. The summed E-state index contributed by atoms with van der Waals surface area (Å²) in [5, 5.41) is 10.6. The summed E-state index contributed by atoms with van der Waals surface area (Å²) in [6.45, 7) is 11.8. The summed E-state index contributed by atoms with van der Waals surface area (Å²) in [4.78, 5) is 72.7. The molecule has 0 aliphatic heterocycles. The van der Waals surface area contributed by atoms with Crippen LogP contribution in [0.3, 0.4) is 0 Å². The lowest BCUT2D eigenvalue weighted by Crippen LogP contribution is -2.30. The third-order valence-electron chi connectivity index (χ3n) is 18.2. The van der Waals surface area contributed by atoms with Crippen LogP contribution in [0.5, 0.6) is 0 Å². The van der Waals surface area contributed by atoms with E-state index in [1.54, 1.807) is 0 Å². The number of hydrogen-bond acceptors (Lipinski definition) is 15. The van der Waals surface area contributed by atoms with Gasteiger partial charge in [-0.2, -0.15) is 0 Å². The highest BCUT2D eigenvalue weighted by Gasteiger charge is 2.30. The van der Waals surface area contributed by atoms with E-state index in [-0.39, 0.29) is 25.7 Å². The normalized spacial score (nSPS) is 14.3. The fraction of sp³-hybridized carbons (Fsp3) is 0.948. The Bertz CT molecular complexity index is 1870. The highest BCUT2D eigenvalue weighted by molar-refractivity contribution is 7.47. The first kappa shape index (κ1) is 94.1. The molecule has 0 rings (SSSR count). The number of phosphoric acid groups is 2. The van der Waals surface area contributed by atoms with Crippen molar-refractivity contribution in [2.24, 2.45) is 17.8 Å².